The molecule has 168 valence electrons. The second kappa shape index (κ2) is 7.73. The average Bonchev–Trinajstić information content (AvgIpc) is 3.34. The van der Waals surface area contributed by atoms with Crippen molar-refractivity contribution in [3.8, 4) is 0 Å². The van der Waals surface area contributed by atoms with Crippen LogP contribution in [0.2, 0.25) is 0 Å². The summed E-state index contributed by atoms with van der Waals surface area (Å²) in [5.41, 5.74) is 0.601. The molecule has 3 amide bonds. The molecule has 8 heteroatoms. The first-order valence-corrected chi connectivity index (χ1v) is 11.8. The average molecular weight is 447 g/mol. The van der Waals surface area contributed by atoms with E-state index < -0.39 is 11.4 Å². The van der Waals surface area contributed by atoms with E-state index in [1.54, 1.807) is 0 Å². The summed E-state index contributed by atoms with van der Waals surface area (Å²) in [5, 5.41) is 3.40. The Bertz CT molecular complexity index is 965. The fraction of sp³-hybridized carbons (Fsp3) is 0.652. The van der Waals surface area contributed by atoms with Crippen LogP contribution in [0, 0.1) is 16.7 Å². The van der Waals surface area contributed by atoms with E-state index in [1.165, 1.54) is 23.3 Å². The molecule has 1 N–H and O–H groups in total. The van der Waals surface area contributed by atoms with Gasteiger partial charge >= 0.3 is 5.97 Å². The van der Waals surface area contributed by atoms with E-state index in [0.29, 0.717) is 17.0 Å². The van der Waals surface area contributed by atoms with E-state index in [4.69, 9.17) is 4.74 Å². The standard InChI is InChI=1S/C23H30N2O5S/c1-22(2)14-10-11-23(22,3)21(29)25(19(14)27)12-6-9-16(26)24-18-17(20(28)30-4)13-7-5-8-15(13)31-18/h14H,5-12H2,1-4H3,(H,24,26). The van der Waals surface area contributed by atoms with E-state index in [0.717, 1.165) is 42.5 Å². The number of anilines is 1. The Balaban J connectivity index is 1.38. The number of fused-ring (bicyclic) bond motifs is 3. The fourth-order valence-electron chi connectivity index (χ4n) is 5.51. The first-order valence-electron chi connectivity index (χ1n) is 11.0. The van der Waals surface area contributed by atoms with Gasteiger partial charge in [-0.05, 0) is 49.5 Å². The predicted octanol–water partition coefficient (Wildman–Crippen LogP) is 3.55. The van der Waals surface area contributed by atoms with Crippen molar-refractivity contribution in [1.82, 2.24) is 4.90 Å². The normalized spacial score (nSPS) is 26.2. The Kier molecular flexibility index (Phi) is 5.48. The zero-order valence-corrected chi connectivity index (χ0v) is 19.4. The molecule has 1 saturated carbocycles. The van der Waals surface area contributed by atoms with Crippen molar-refractivity contribution in [3.05, 3.63) is 16.0 Å². The summed E-state index contributed by atoms with van der Waals surface area (Å²) in [6.07, 6.45) is 4.77. The highest BCUT2D eigenvalue weighted by molar-refractivity contribution is 7.17. The number of nitrogens with one attached hydrogen (secondary N) is 1. The summed E-state index contributed by atoms with van der Waals surface area (Å²) < 4.78 is 4.91. The van der Waals surface area contributed by atoms with Crippen LogP contribution in [0.4, 0.5) is 5.00 Å². The van der Waals surface area contributed by atoms with E-state index in [-0.39, 0.29) is 42.0 Å². The number of ether oxygens (including phenoxy) is 1. The number of aryl methyl sites for hydroxylation is 1. The topological polar surface area (TPSA) is 92.8 Å². The number of hydrogen-bond acceptors (Lipinski definition) is 6. The third-order valence-electron chi connectivity index (χ3n) is 7.86. The van der Waals surface area contributed by atoms with Gasteiger partial charge in [0, 0.05) is 23.8 Å². The van der Waals surface area contributed by atoms with Gasteiger partial charge in [0.2, 0.25) is 17.7 Å². The Hall–Kier alpha value is -2.22. The minimum Gasteiger partial charge on any atom is -0.465 e. The minimum absolute atomic E-state index is 0.104. The Morgan fingerprint density at radius 2 is 1.97 bits per heavy atom. The van der Waals surface area contributed by atoms with Gasteiger partial charge in [-0.3, -0.25) is 19.3 Å². The summed E-state index contributed by atoms with van der Waals surface area (Å²) in [6.45, 7) is 6.24. The Morgan fingerprint density at radius 3 is 2.68 bits per heavy atom. The van der Waals surface area contributed by atoms with Gasteiger partial charge in [0.25, 0.3) is 0 Å². The summed E-state index contributed by atoms with van der Waals surface area (Å²) in [5.74, 6) is -1.01. The molecule has 31 heavy (non-hydrogen) atoms. The summed E-state index contributed by atoms with van der Waals surface area (Å²) in [4.78, 5) is 53.3. The third kappa shape index (κ3) is 3.30. The molecule has 1 aliphatic heterocycles. The number of rotatable bonds is 6. The van der Waals surface area contributed by atoms with Crippen LogP contribution in [0.15, 0.2) is 0 Å². The van der Waals surface area contributed by atoms with Crippen molar-refractivity contribution in [2.45, 2.75) is 65.7 Å². The zero-order valence-electron chi connectivity index (χ0n) is 18.6. The van der Waals surface area contributed by atoms with Gasteiger partial charge in [-0.2, -0.15) is 0 Å². The maximum atomic E-state index is 13.1. The maximum Gasteiger partial charge on any atom is 0.341 e. The number of hydrogen-bond donors (Lipinski definition) is 1. The molecule has 2 atom stereocenters. The number of carbonyl (C=O) groups excluding carboxylic acids is 4. The third-order valence-corrected chi connectivity index (χ3v) is 9.06. The molecule has 2 bridgehead atoms. The molecule has 0 spiro atoms. The van der Waals surface area contributed by atoms with E-state index in [9.17, 15) is 19.2 Å². The molecule has 1 saturated heterocycles. The number of amides is 3. The summed E-state index contributed by atoms with van der Waals surface area (Å²) in [6, 6.07) is 0. The highest BCUT2D eigenvalue weighted by atomic mass is 32.1. The number of methoxy groups -OCH3 is 1. The number of imide groups is 1. The second-order valence-corrected chi connectivity index (χ2v) is 10.8. The molecule has 1 aromatic heterocycles. The van der Waals surface area contributed by atoms with Gasteiger partial charge in [-0.1, -0.05) is 20.8 Å². The molecule has 2 heterocycles. The van der Waals surface area contributed by atoms with Crippen molar-refractivity contribution >= 4 is 40.0 Å². The SMILES string of the molecule is COC(=O)c1c(NC(=O)CCCN2C(=O)C3CCC(C)(C2=O)C3(C)C)sc2c1CCC2. The molecule has 4 rings (SSSR count). The quantitative estimate of drug-likeness (QED) is 0.533. The lowest BCUT2D eigenvalue weighted by Crippen LogP contribution is -2.59. The molecule has 2 fully saturated rings. The first kappa shape index (κ1) is 22.0. The molecule has 0 radical (unpaired) electrons. The lowest BCUT2D eigenvalue weighted by Gasteiger charge is -2.47. The number of piperidine rings is 1. The van der Waals surface area contributed by atoms with Crippen LogP contribution >= 0.6 is 11.3 Å². The molecule has 2 unspecified atom stereocenters. The Morgan fingerprint density at radius 1 is 1.23 bits per heavy atom. The highest BCUT2D eigenvalue weighted by Gasteiger charge is 2.64. The lowest BCUT2D eigenvalue weighted by atomic mass is 9.62. The van der Waals surface area contributed by atoms with Crippen LogP contribution in [-0.4, -0.2) is 42.2 Å². The Labute approximate surface area is 186 Å². The van der Waals surface area contributed by atoms with Crippen LogP contribution in [0.25, 0.3) is 0 Å². The van der Waals surface area contributed by atoms with Gasteiger partial charge < -0.3 is 10.1 Å². The number of likely N-dealkylation sites (tertiary alicyclic amines) is 1. The van der Waals surface area contributed by atoms with E-state index >= 15 is 0 Å². The van der Waals surface area contributed by atoms with Gasteiger partial charge in [0.05, 0.1) is 18.1 Å². The van der Waals surface area contributed by atoms with Crippen LogP contribution in [-0.2, 0) is 32.0 Å². The van der Waals surface area contributed by atoms with Crippen LogP contribution in [0.1, 0.15) is 73.7 Å². The van der Waals surface area contributed by atoms with Crippen molar-refractivity contribution in [1.29, 1.82) is 0 Å². The molecule has 1 aromatic rings. The largest absolute Gasteiger partial charge is 0.465 e. The first-order chi connectivity index (χ1) is 14.6. The summed E-state index contributed by atoms with van der Waals surface area (Å²) >= 11 is 1.44. The number of esters is 1. The number of nitrogens with zero attached hydrogens (tertiary/aromatic N) is 1. The number of thiophene rings is 1. The monoisotopic (exact) mass is 446 g/mol. The maximum absolute atomic E-state index is 13.1. The van der Waals surface area contributed by atoms with Crippen molar-refractivity contribution in [2.75, 3.05) is 19.0 Å². The molecule has 0 aromatic carbocycles. The second-order valence-electron chi connectivity index (χ2n) is 9.64. The van der Waals surface area contributed by atoms with Gasteiger partial charge in [0.1, 0.15) is 5.00 Å². The van der Waals surface area contributed by atoms with Crippen LogP contribution < -0.4 is 5.32 Å². The van der Waals surface area contributed by atoms with Gasteiger partial charge in [0.15, 0.2) is 0 Å². The van der Waals surface area contributed by atoms with Crippen LogP contribution in [0.5, 0.6) is 0 Å². The molecule has 3 aliphatic rings. The zero-order chi connectivity index (χ0) is 22.6. The van der Waals surface area contributed by atoms with E-state index in [1.807, 2.05) is 20.8 Å². The molecule has 2 aliphatic carbocycles. The predicted molar refractivity (Wildman–Crippen MR) is 117 cm³/mol. The van der Waals surface area contributed by atoms with Gasteiger partial charge in [-0.25, -0.2) is 4.79 Å². The number of carbonyl (C=O) groups is 4. The smallest absolute Gasteiger partial charge is 0.341 e. The molecular formula is C23H30N2O5S. The van der Waals surface area contributed by atoms with Crippen LogP contribution in [0.3, 0.4) is 0 Å². The van der Waals surface area contributed by atoms with Crippen molar-refractivity contribution < 1.29 is 23.9 Å². The van der Waals surface area contributed by atoms with Gasteiger partial charge in [-0.15, -0.1) is 11.3 Å². The van der Waals surface area contributed by atoms with E-state index in [2.05, 4.69) is 5.32 Å². The summed E-state index contributed by atoms with van der Waals surface area (Å²) in [7, 11) is 1.34. The lowest BCUT2D eigenvalue weighted by molar-refractivity contribution is -0.168. The highest BCUT2D eigenvalue weighted by Crippen LogP contribution is 2.60. The van der Waals surface area contributed by atoms with Crippen molar-refractivity contribution in [3.63, 3.8) is 0 Å². The fourth-order valence-corrected chi connectivity index (χ4v) is 6.80. The van der Waals surface area contributed by atoms with Crippen molar-refractivity contribution in [2.24, 2.45) is 16.7 Å². The molecule has 7 nitrogen and oxygen atoms in total. The molecular weight excluding hydrogens is 416 g/mol. The minimum atomic E-state index is -0.527.